The zero-order chi connectivity index (χ0) is 14.7. The van der Waals surface area contributed by atoms with Crippen LogP contribution in [0.25, 0.3) is 0 Å². The van der Waals surface area contributed by atoms with Crippen LogP contribution < -0.4 is 5.32 Å². The Kier molecular flexibility index (Phi) is 5.02. The van der Waals surface area contributed by atoms with Crippen LogP contribution in [0.3, 0.4) is 0 Å². The molecule has 1 aromatic carbocycles. The quantitative estimate of drug-likeness (QED) is 0.620. The van der Waals surface area contributed by atoms with Gasteiger partial charge in [-0.25, -0.2) is 0 Å². The van der Waals surface area contributed by atoms with Gasteiger partial charge in [-0.05, 0) is 52.7 Å². The molecule has 0 saturated heterocycles. The van der Waals surface area contributed by atoms with Gasteiger partial charge >= 0.3 is 0 Å². The van der Waals surface area contributed by atoms with E-state index in [2.05, 4.69) is 35.1 Å². The molecule has 1 aromatic rings. The molecule has 20 heavy (non-hydrogen) atoms. The van der Waals surface area contributed by atoms with Gasteiger partial charge in [0.05, 0.1) is 9.40 Å². The van der Waals surface area contributed by atoms with E-state index in [9.17, 15) is 10.1 Å². The van der Waals surface area contributed by atoms with E-state index in [1.807, 2.05) is 6.07 Å². The summed E-state index contributed by atoms with van der Waals surface area (Å²) in [5, 5.41) is 14.4. The van der Waals surface area contributed by atoms with Crippen LogP contribution in [0.5, 0.6) is 0 Å². The Balaban J connectivity index is 2.06. The summed E-state index contributed by atoms with van der Waals surface area (Å²) in [6.07, 6.45) is 4.84. The van der Waals surface area contributed by atoms with Crippen molar-refractivity contribution < 1.29 is 4.92 Å². The number of halogens is 1. The van der Waals surface area contributed by atoms with Gasteiger partial charge in [0, 0.05) is 17.8 Å². The molecule has 0 bridgehead atoms. The van der Waals surface area contributed by atoms with Gasteiger partial charge in [0.1, 0.15) is 0 Å². The lowest BCUT2D eigenvalue weighted by Crippen LogP contribution is -2.29. The molecule has 5 heteroatoms. The number of nitro benzene ring substituents is 1. The third-order valence-corrected chi connectivity index (χ3v) is 4.84. The lowest BCUT2D eigenvalue weighted by atomic mass is 9.79. The minimum Gasteiger partial charge on any atom is -0.382 e. The number of nitrogens with one attached hydrogen (secondary N) is 1. The maximum absolute atomic E-state index is 11.0. The molecule has 1 N–H and O–H groups in total. The normalized spacial score (nSPS) is 22.8. The van der Waals surface area contributed by atoms with Crippen molar-refractivity contribution in [1.82, 2.24) is 0 Å². The summed E-state index contributed by atoms with van der Waals surface area (Å²) >= 11 is 3.22. The Morgan fingerprint density at radius 1 is 1.40 bits per heavy atom. The van der Waals surface area contributed by atoms with E-state index in [0.717, 1.165) is 24.4 Å². The molecular formula is C15H21BrN2O2. The summed E-state index contributed by atoms with van der Waals surface area (Å²) in [6, 6.07) is 5.68. The number of anilines is 1. The van der Waals surface area contributed by atoms with E-state index in [1.54, 1.807) is 12.1 Å². The highest BCUT2D eigenvalue weighted by molar-refractivity contribution is 9.10. The molecule has 0 aromatic heterocycles. The molecule has 1 aliphatic rings. The van der Waals surface area contributed by atoms with E-state index in [-0.39, 0.29) is 10.6 Å². The van der Waals surface area contributed by atoms with E-state index >= 15 is 0 Å². The number of benzene rings is 1. The van der Waals surface area contributed by atoms with Crippen molar-refractivity contribution in [2.45, 2.75) is 45.6 Å². The van der Waals surface area contributed by atoms with Gasteiger partial charge in [0.15, 0.2) is 0 Å². The average Bonchev–Trinajstić information content (AvgIpc) is 2.41. The lowest BCUT2D eigenvalue weighted by molar-refractivity contribution is -0.385. The first-order valence-electron chi connectivity index (χ1n) is 7.18. The van der Waals surface area contributed by atoms with E-state index in [1.165, 1.54) is 12.8 Å². The third kappa shape index (κ3) is 3.72. The average molecular weight is 341 g/mol. The van der Waals surface area contributed by atoms with E-state index in [0.29, 0.717) is 16.4 Å². The molecule has 0 amide bonds. The van der Waals surface area contributed by atoms with Crippen LogP contribution in [0.15, 0.2) is 22.7 Å². The standard InChI is InChI=1S/C15H21BrN2O2/c1-10(2)11-4-3-5-12(8-11)17-13-6-7-14(16)15(9-13)18(19)20/h6-7,9-12,17H,3-5,8H2,1-2H3. The molecule has 0 spiro atoms. The van der Waals surface area contributed by atoms with Gasteiger partial charge in [-0.1, -0.05) is 26.7 Å². The number of hydrogen-bond acceptors (Lipinski definition) is 3. The largest absolute Gasteiger partial charge is 0.382 e. The Bertz CT molecular complexity index is 491. The molecule has 2 unspecified atom stereocenters. The molecule has 2 rings (SSSR count). The van der Waals surface area contributed by atoms with Crippen LogP contribution in [0.4, 0.5) is 11.4 Å². The first kappa shape index (κ1) is 15.3. The van der Waals surface area contributed by atoms with Crippen molar-refractivity contribution in [2.24, 2.45) is 11.8 Å². The van der Waals surface area contributed by atoms with Crippen molar-refractivity contribution in [3.8, 4) is 0 Å². The van der Waals surface area contributed by atoms with Crippen molar-refractivity contribution in [2.75, 3.05) is 5.32 Å². The number of rotatable bonds is 4. The first-order valence-corrected chi connectivity index (χ1v) is 7.97. The van der Waals surface area contributed by atoms with Gasteiger partial charge in [0.2, 0.25) is 0 Å². The highest BCUT2D eigenvalue weighted by atomic mass is 79.9. The second kappa shape index (κ2) is 6.57. The van der Waals surface area contributed by atoms with Crippen LogP contribution in [0.2, 0.25) is 0 Å². The van der Waals surface area contributed by atoms with Crippen LogP contribution in [-0.2, 0) is 0 Å². The van der Waals surface area contributed by atoms with E-state index < -0.39 is 0 Å². The third-order valence-electron chi connectivity index (χ3n) is 4.17. The van der Waals surface area contributed by atoms with Crippen LogP contribution >= 0.6 is 15.9 Å². The summed E-state index contributed by atoms with van der Waals surface area (Å²) in [5.74, 6) is 1.46. The minimum absolute atomic E-state index is 0.117. The van der Waals surface area contributed by atoms with Crippen LogP contribution in [0, 0.1) is 22.0 Å². The zero-order valence-electron chi connectivity index (χ0n) is 11.9. The SMILES string of the molecule is CC(C)C1CCCC(Nc2ccc(Br)c([N+](=O)[O-])c2)C1. The fourth-order valence-electron chi connectivity index (χ4n) is 2.94. The Morgan fingerprint density at radius 2 is 2.15 bits per heavy atom. The monoisotopic (exact) mass is 340 g/mol. The number of hydrogen-bond donors (Lipinski definition) is 1. The summed E-state index contributed by atoms with van der Waals surface area (Å²) in [7, 11) is 0. The minimum atomic E-state index is -0.354. The van der Waals surface area contributed by atoms with Gasteiger partial charge in [-0.15, -0.1) is 0 Å². The number of nitrogens with zero attached hydrogens (tertiary/aromatic N) is 1. The fraction of sp³-hybridized carbons (Fsp3) is 0.600. The molecule has 0 radical (unpaired) electrons. The molecule has 1 fully saturated rings. The highest BCUT2D eigenvalue weighted by Crippen LogP contribution is 2.33. The van der Waals surface area contributed by atoms with Gasteiger partial charge in [-0.2, -0.15) is 0 Å². The van der Waals surface area contributed by atoms with Gasteiger partial charge in [0.25, 0.3) is 5.69 Å². The van der Waals surface area contributed by atoms with Crippen molar-refractivity contribution >= 4 is 27.3 Å². The molecule has 1 saturated carbocycles. The predicted octanol–water partition coefficient (Wildman–Crippen LogP) is 4.98. The van der Waals surface area contributed by atoms with Gasteiger partial charge < -0.3 is 5.32 Å². The van der Waals surface area contributed by atoms with E-state index in [4.69, 9.17) is 0 Å². The fourth-order valence-corrected chi connectivity index (χ4v) is 3.33. The lowest BCUT2D eigenvalue weighted by Gasteiger charge is -2.32. The molecule has 2 atom stereocenters. The summed E-state index contributed by atoms with van der Waals surface area (Å²) < 4.78 is 0.525. The molecular weight excluding hydrogens is 320 g/mol. The zero-order valence-corrected chi connectivity index (χ0v) is 13.5. The van der Waals surface area contributed by atoms with Crippen molar-refractivity contribution in [1.29, 1.82) is 0 Å². The van der Waals surface area contributed by atoms with Crippen LogP contribution in [-0.4, -0.2) is 11.0 Å². The van der Waals surface area contributed by atoms with Crippen LogP contribution in [0.1, 0.15) is 39.5 Å². The smallest absolute Gasteiger partial charge is 0.285 e. The number of nitro groups is 1. The Morgan fingerprint density at radius 3 is 2.80 bits per heavy atom. The maximum atomic E-state index is 11.0. The topological polar surface area (TPSA) is 55.2 Å². The first-order chi connectivity index (χ1) is 9.47. The summed E-state index contributed by atoms with van der Waals surface area (Å²) in [4.78, 5) is 10.6. The second-order valence-corrected chi connectivity index (χ2v) is 6.79. The summed E-state index contributed by atoms with van der Waals surface area (Å²) in [5.41, 5.74) is 0.959. The summed E-state index contributed by atoms with van der Waals surface area (Å²) in [6.45, 7) is 4.55. The Hall–Kier alpha value is -1.10. The molecule has 1 aliphatic carbocycles. The molecule has 110 valence electrons. The van der Waals surface area contributed by atoms with Crippen molar-refractivity contribution in [3.63, 3.8) is 0 Å². The van der Waals surface area contributed by atoms with Crippen molar-refractivity contribution in [3.05, 3.63) is 32.8 Å². The van der Waals surface area contributed by atoms with Gasteiger partial charge in [-0.3, -0.25) is 10.1 Å². The highest BCUT2D eigenvalue weighted by Gasteiger charge is 2.24. The Labute approximate surface area is 128 Å². The molecule has 0 aliphatic heterocycles. The molecule has 0 heterocycles. The maximum Gasteiger partial charge on any atom is 0.285 e. The molecule has 4 nitrogen and oxygen atoms in total. The second-order valence-electron chi connectivity index (χ2n) is 5.94. The predicted molar refractivity (Wildman–Crippen MR) is 85.0 cm³/mol.